The molecular weight excluding hydrogens is 749 g/mol. The summed E-state index contributed by atoms with van der Waals surface area (Å²) in [7, 11) is 0. The number of aromatic hydroxyl groups is 4. The molecule has 0 spiro atoms. The van der Waals surface area contributed by atoms with Crippen LogP contribution in [-0.2, 0) is 0 Å². The first-order valence-corrected chi connectivity index (χ1v) is 19.2. The number of hydrogen-bond donors (Lipinski definition) is 4. The van der Waals surface area contributed by atoms with Crippen molar-refractivity contribution < 1.29 is 30.6 Å². The molecule has 292 valence electrons. The predicted octanol–water partition coefficient (Wildman–Crippen LogP) is 10.6. The van der Waals surface area contributed by atoms with E-state index in [9.17, 15) is 30.6 Å². The fourth-order valence-corrected chi connectivity index (χ4v) is 7.73. The highest BCUT2D eigenvalue weighted by Crippen LogP contribution is 2.52. The minimum atomic E-state index is -0.825. The van der Waals surface area contributed by atoms with Gasteiger partial charge in [0.05, 0.1) is 11.1 Å². The van der Waals surface area contributed by atoms with Gasteiger partial charge in [0.2, 0.25) is 0 Å². The van der Waals surface area contributed by atoms with Crippen molar-refractivity contribution in [3.63, 3.8) is 0 Å². The van der Waals surface area contributed by atoms with Gasteiger partial charge in [-0.15, -0.1) is 0 Å². The van der Waals surface area contributed by atoms with Crippen LogP contribution in [-0.4, -0.2) is 20.4 Å². The largest absolute Gasteiger partial charge is 0.872 e. The third-order valence-corrected chi connectivity index (χ3v) is 10.6. The van der Waals surface area contributed by atoms with E-state index in [-0.39, 0.29) is 11.1 Å². The van der Waals surface area contributed by atoms with Gasteiger partial charge >= 0.3 is 0 Å². The highest BCUT2D eigenvalue weighted by molar-refractivity contribution is 6.09. The SMILES string of the molecule is [O-]C1=C(c2c(O)cc(-c3ccc(N(c4ccccc4)c4ccccc4)cc3)cc2O)C([O-])=C1c1c(O)cc(-c2ccc(N(c3ccccc3)c3ccccc3)cc2)cc1O. The van der Waals surface area contributed by atoms with Crippen LogP contribution in [0.25, 0.3) is 33.4 Å². The Morgan fingerprint density at radius 2 is 0.517 bits per heavy atom. The number of phenols is 4. The second-order valence-electron chi connectivity index (χ2n) is 14.3. The van der Waals surface area contributed by atoms with Gasteiger partial charge in [-0.25, -0.2) is 0 Å². The smallest absolute Gasteiger partial charge is 0.127 e. The van der Waals surface area contributed by atoms with Crippen molar-refractivity contribution in [1.29, 1.82) is 0 Å². The van der Waals surface area contributed by atoms with Crippen molar-refractivity contribution in [2.75, 3.05) is 9.80 Å². The molecule has 0 saturated carbocycles. The van der Waals surface area contributed by atoms with Crippen LogP contribution in [0.3, 0.4) is 0 Å². The Morgan fingerprint density at radius 3 is 0.767 bits per heavy atom. The third-order valence-electron chi connectivity index (χ3n) is 10.6. The molecular formula is C52H36N2O6-2. The summed E-state index contributed by atoms with van der Waals surface area (Å²) in [5, 5.41) is 71.8. The summed E-state index contributed by atoms with van der Waals surface area (Å²) in [6, 6.07) is 60.4. The Morgan fingerprint density at radius 1 is 0.283 bits per heavy atom. The minimum Gasteiger partial charge on any atom is -0.872 e. The normalized spacial score (nSPS) is 12.3. The third kappa shape index (κ3) is 6.78. The number of phenolic OH excluding ortho intramolecular Hbond substituents is 4. The molecule has 60 heavy (non-hydrogen) atoms. The van der Waals surface area contributed by atoms with E-state index in [2.05, 4.69) is 9.80 Å². The van der Waals surface area contributed by atoms with E-state index in [1.54, 1.807) is 0 Å². The molecule has 0 radical (unpaired) electrons. The minimum absolute atomic E-state index is 0.316. The molecule has 4 N–H and O–H groups in total. The summed E-state index contributed by atoms with van der Waals surface area (Å²) in [6.45, 7) is 0. The molecule has 0 aromatic heterocycles. The molecule has 8 heteroatoms. The summed E-state index contributed by atoms with van der Waals surface area (Å²) in [5.74, 6) is -3.52. The molecule has 0 saturated heterocycles. The van der Waals surface area contributed by atoms with E-state index in [0.29, 0.717) is 22.3 Å². The topological polar surface area (TPSA) is 134 Å². The number of para-hydroxylation sites is 4. The second kappa shape index (κ2) is 15.5. The number of rotatable bonds is 10. The monoisotopic (exact) mass is 784 g/mol. The summed E-state index contributed by atoms with van der Waals surface area (Å²) < 4.78 is 0. The zero-order valence-electron chi connectivity index (χ0n) is 32.0. The lowest BCUT2D eigenvalue weighted by Crippen LogP contribution is -2.27. The van der Waals surface area contributed by atoms with E-state index in [1.807, 2.05) is 170 Å². The van der Waals surface area contributed by atoms with Crippen molar-refractivity contribution in [3.8, 4) is 45.3 Å². The van der Waals surface area contributed by atoms with E-state index in [1.165, 1.54) is 24.3 Å². The Kier molecular flexibility index (Phi) is 9.64. The quantitative estimate of drug-likeness (QED) is 0.108. The maximum absolute atomic E-state index is 13.6. The van der Waals surface area contributed by atoms with Gasteiger partial charge in [-0.3, -0.25) is 0 Å². The van der Waals surface area contributed by atoms with Gasteiger partial charge in [-0.1, -0.05) is 109 Å². The highest BCUT2D eigenvalue weighted by Gasteiger charge is 2.28. The van der Waals surface area contributed by atoms with Gasteiger partial charge in [0.25, 0.3) is 0 Å². The van der Waals surface area contributed by atoms with E-state index in [0.717, 1.165) is 34.1 Å². The summed E-state index contributed by atoms with van der Waals surface area (Å²) in [5.41, 5.74) is 6.41. The first-order valence-electron chi connectivity index (χ1n) is 19.2. The molecule has 0 aliphatic heterocycles. The first-order chi connectivity index (χ1) is 29.3. The molecule has 0 bridgehead atoms. The number of hydrogen-bond acceptors (Lipinski definition) is 8. The molecule has 0 heterocycles. The molecule has 0 unspecified atom stereocenters. The summed E-state index contributed by atoms with van der Waals surface area (Å²) in [4.78, 5) is 4.21. The summed E-state index contributed by atoms with van der Waals surface area (Å²) >= 11 is 0. The highest BCUT2D eigenvalue weighted by atomic mass is 16.3. The number of anilines is 6. The fraction of sp³-hybridized carbons (Fsp3) is 0. The van der Waals surface area contributed by atoms with Crippen LogP contribution >= 0.6 is 0 Å². The fourth-order valence-electron chi connectivity index (χ4n) is 7.73. The molecule has 8 aromatic carbocycles. The van der Waals surface area contributed by atoms with Gasteiger partial charge in [0.15, 0.2) is 0 Å². The molecule has 0 fully saturated rings. The van der Waals surface area contributed by atoms with Crippen LogP contribution in [0.1, 0.15) is 11.1 Å². The van der Waals surface area contributed by atoms with Crippen LogP contribution in [0.5, 0.6) is 23.0 Å². The van der Waals surface area contributed by atoms with Crippen molar-refractivity contribution in [2.24, 2.45) is 0 Å². The molecule has 0 amide bonds. The van der Waals surface area contributed by atoms with Gasteiger partial charge in [0, 0.05) is 34.1 Å². The van der Waals surface area contributed by atoms with Gasteiger partial charge < -0.3 is 40.4 Å². The van der Waals surface area contributed by atoms with Crippen molar-refractivity contribution in [2.45, 2.75) is 0 Å². The van der Waals surface area contributed by atoms with E-state index < -0.39 is 45.7 Å². The van der Waals surface area contributed by atoms with Crippen LogP contribution in [0.2, 0.25) is 0 Å². The second-order valence-corrected chi connectivity index (χ2v) is 14.3. The summed E-state index contributed by atoms with van der Waals surface area (Å²) in [6.07, 6.45) is 0. The maximum atomic E-state index is 13.6. The van der Waals surface area contributed by atoms with Gasteiger partial charge in [0.1, 0.15) is 23.0 Å². The average molecular weight is 785 g/mol. The lowest BCUT2D eigenvalue weighted by molar-refractivity contribution is -0.316. The number of allylic oxidation sites excluding steroid dienone is 2. The van der Waals surface area contributed by atoms with Crippen molar-refractivity contribution >= 4 is 45.3 Å². The molecule has 8 nitrogen and oxygen atoms in total. The van der Waals surface area contributed by atoms with Crippen molar-refractivity contribution in [1.82, 2.24) is 0 Å². The zero-order valence-corrected chi connectivity index (χ0v) is 32.0. The molecule has 0 atom stereocenters. The number of nitrogens with zero attached hydrogens (tertiary/aromatic N) is 2. The Hall–Kier alpha value is -8.36. The van der Waals surface area contributed by atoms with E-state index in [4.69, 9.17) is 0 Å². The Bertz CT molecular complexity index is 2560. The van der Waals surface area contributed by atoms with Gasteiger partial charge in [-0.2, -0.15) is 0 Å². The molecule has 9 rings (SSSR count). The van der Waals surface area contributed by atoms with Crippen LogP contribution in [0.15, 0.2) is 206 Å². The van der Waals surface area contributed by atoms with Crippen LogP contribution < -0.4 is 20.0 Å². The van der Waals surface area contributed by atoms with Crippen LogP contribution in [0.4, 0.5) is 34.1 Å². The molecule has 1 aliphatic carbocycles. The van der Waals surface area contributed by atoms with Crippen molar-refractivity contribution in [3.05, 3.63) is 217 Å². The Labute approximate surface area is 346 Å². The standard InChI is InChI=1S/C52H38N2O6/c55-43-29-35(33-21-25-41(26-22-33)53(37-13-5-1-6-14-37)38-15-7-2-8-16-38)30-44(56)47(43)49-51(59)50(52(49)60)48-45(57)31-36(32-46(48)58)34-23-27-42(28-24-34)54(39-17-9-3-10-18-39)40-19-11-4-12-20-40/h1-32,55-60H/p-2. The van der Waals surface area contributed by atoms with E-state index >= 15 is 0 Å². The number of benzene rings is 8. The lowest BCUT2D eigenvalue weighted by atomic mass is 9.82. The molecule has 1 aliphatic rings. The van der Waals surface area contributed by atoms with Gasteiger partial charge in [-0.05, 0) is 130 Å². The maximum Gasteiger partial charge on any atom is 0.127 e. The lowest BCUT2D eigenvalue weighted by Gasteiger charge is -2.40. The van der Waals surface area contributed by atoms with Crippen LogP contribution in [0, 0.1) is 0 Å². The first kappa shape index (κ1) is 37.2. The predicted molar refractivity (Wildman–Crippen MR) is 234 cm³/mol. The zero-order chi connectivity index (χ0) is 41.3. The Balaban J connectivity index is 0.969. The average Bonchev–Trinajstić information content (AvgIpc) is 3.28. The molecule has 8 aromatic rings.